The van der Waals surface area contributed by atoms with E-state index in [0.717, 1.165) is 50.7 Å². The Kier molecular flexibility index (Phi) is 10.2. The van der Waals surface area contributed by atoms with Crippen LogP contribution in [0.5, 0.6) is 5.75 Å². The molecule has 278 valence electrons. The fourth-order valence-corrected chi connectivity index (χ4v) is 7.80. The van der Waals surface area contributed by atoms with E-state index in [4.69, 9.17) is 18.7 Å². The summed E-state index contributed by atoms with van der Waals surface area (Å²) < 4.78 is 58.7. The summed E-state index contributed by atoms with van der Waals surface area (Å²) >= 11 is 0.896. The van der Waals surface area contributed by atoms with Crippen molar-refractivity contribution < 1.29 is 41.3 Å². The standard InChI is InChI=1S/C41H34N4O8S2/c1-2-29(23-40-44(27-30-11-3-5-13-38(30)54-53-52-46)34-25-32(15-17-36(34)50-40)42-19-7-8-20-42)24-41-45(28-31-12-4-6-14-39(31)55(47,48)49)35-26-33(16-18-37(35)51-41)43-21-9-10-22-43/h3-26H,2,27-28H2,1H3,(H-,46,47,48,49)/p+1. The molecule has 0 amide bonds. The zero-order valence-corrected chi connectivity index (χ0v) is 31.1. The van der Waals surface area contributed by atoms with Crippen molar-refractivity contribution in [3.63, 3.8) is 0 Å². The molecule has 0 atom stereocenters. The summed E-state index contributed by atoms with van der Waals surface area (Å²) in [7, 11) is -4.50. The molecule has 2 N–H and O–H groups in total. The zero-order chi connectivity index (χ0) is 37.9. The maximum atomic E-state index is 12.4. The van der Waals surface area contributed by atoms with Gasteiger partial charge in [-0.05, 0) is 84.3 Å². The number of ether oxygens (including phenoxy) is 1. The van der Waals surface area contributed by atoms with E-state index in [1.807, 2.05) is 136 Å². The lowest BCUT2D eigenvalue weighted by Gasteiger charge is -2.20. The van der Waals surface area contributed by atoms with Crippen LogP contribution in [0, 0.1) is 0 Å². The fraction of sp³-hybridized carbons (Fsp3) is 0.0976. The highest BCUT2D eigenvalue weighted by Crippen LogP contribution is 2.43. The van der Waals surface area contributed by atoms with Crippen LogP contribution in [0.4, 0.5) is 5.69 Å². The molecular formula is C41H35N4O8S2+. The Balaban J connectivity index is 1.24. The Labute approximate surface area is 321 Å². The summed E-state index contributed by atoms with van der Waals surface area (Å²) in [6.45, 7) is 2.52. The third kappa shape index (κ3) is 7.59. The van der Waals surface area contributed by atoms with Crippen molar-refractivity contribution in [2.24, 2.45) is 0 Å². The van der Waals surface area contributed by atoms with Crippen LogP contribution in [0.1, 0.15) is 30.4 Å². The van der Waals surface area contributed by atoms with Crippen molar-refractivity contribution in [2.45, 2.75) is 36.2 Å². The van der Waals surface area contributed by atoms with Crippen molar-refractivity contribution in [2.75, 3.05) is 4.90 Å². The molecule has 4 heterocycles. The lowest BCUT2D eigenvalue weighted by molar-refractivity contribution is -0.669. The van der Waals surface area contributed by atoms with E-state index in [9.17, 15) is 13.0 Å². The summed E-state index contributed by atoms with van der Waals surface area (Å²) in [6.07, 6.45) is 12.3. The third-order valence-electron chi connectivity index (χ3n) is 9.29. The summed E-state index contributed by atoms with van der Waals surface area (Å²) in [5, 5.41) is 12.8. The lowest BCUT2D eigenvalue weighted by Crippen LogP contribution is -2.36. The normalized spacial score (nSPS) is 13.8. The smallest absolute Gasteiger partial charge is 0.374 e. The number of rotatable bonds is 13. The second-order valence-corrected chi connectivity index (χ2v) is 14.8. The van der Waals surface area contributed by atoms with E-state index < -0.39 is 10.1 Å². The molecule has 8 rings (SSSR count). The van der Waals surface area contributed by atoms with Crippen molar-refractivity contribution in [1.82, 2.24) is 9.13 Å². The molecule has 0 aliphatic carbocycles. The maximum Gasteiger partial charge on any atom is 0.374 e. The Bertz CT molecular complexity index is 2650. The minimum absolute atomic E-state index is 0.0990. The number of nitrogens with zero attached hydrogens (tertiary/aromatic N) is 4. The Morgan fingerprint density at radius 1 is 0.855 bits per heavy atom. The van der Waals surface area contributed by atoms with Gasteiger partial charge in [0.15, 0.2) is 12.3 Å². The van der Waals surface area contributed by atoms with Crippen molar-refractivity contribution in [3.8, 4) is 17.1 Å². The van der Waals surface area contributed by atoms with Crippen LogP contribution < -0.4 is 14.2 Å². The first kappa shape index (κ1) is 36.1. The number of aromatic nitrogens is 3. The first-order valence-electron chi connectivity index (χ1n) is 17.3. The topological polar surface area (TPSA) is 132 Å². The number of anilines is 1. The fourth-order valence-electron chi connectivity index (χ4n) is 6.61. The van der Waals surface area contributed by atoms with E-state index in [1.165, 1.54) is 6.07 Å². The minimum atomic E-state index is -4.50. The minimum Gasteiger partial charge on any atom is -0.439 e. The number of hydrogen-bond donors (Lipinski definition) is 2. The van der Waals surface area contributed by atoms with Gasteiger partial charge in [0.25, 0.3) is 15.6 Å². The summed E-state index contributed by atoms with van der Waals surface area (Å²) in [6, 6.07) is 33.7. The highest BCUT2D eigenvalue weighted by atomic mass is 32.2. The van der Waals surface area contributed by atoms with E-state index in [0.29, 0.717) is 41.6 Å². The van der Waals surface area contributed by atoms with Gasteiger partial charge in [-0.2, -0.15) is 13.0 Å². The van der Waals surface area contributed by atoms with Crippen LogP contribution in [-0.4, -0.2) is 27.4 Å². The van der Waals surface area contributed by atoms with E-state index in [1.54, 1.807) is 18.2 Å². The predicted molar refractivity (Wildman–Crippen MR) is 207 cm³/mol. The molecule has 3 aromatic heterocycles. The van der Waals surface area contributed by atoms with Crippen LogP contribution in [0.2, 0.25) is 0 Å². The zero-order valence-electron chi connectivity index (χ0n) is 29.4. The SMILES string of the molecule is CCC(=Cc1oc2ccc(-n3cccc3)cc2[n+]1Cc1ccccc1S(=O)(=O)O)C=C1Oc2ccc(-n3cccc3)cc2N1Cc1ccccc1SOOO. The van der Waals surface area contributed by atoms with Gasteiger partial charge < -0.3 is 23.2 Å². The highest BCUT2D eigenvalue weighted by molar-refractivity contribution is 7.94. The highest BCUT2D eigenvalue weighted by Gasteiger charge is 2.30. The molecule has 0 saturated carbocycles. The molecule has 14 heteroatoms. The number of fused-ring (bicyclic) bond motifs is 2. The van der Waals surface area contributed by atoms with Crippen molar-refractivity contribution in [3.05, 3.63) is 169 Å². The van der Waals surface area contributed by atoms with E-state index >= 15 is 0 Å². The van der Waals surface area contributed by atoms with Crippen LogP contribution >= 0.6 is 12.0 Å². The second-order valence-electron chi connectivity index (χ2n) is 12.7. The molecule has 7 aromatic rings. The lowest BCUT2D eigenvalue weighted by atomic mass is 10.1. The van der Waals surface area contributed by atoms with Crippen LogP contribution in [0.25, 0.3) is 28.6 Å². The number of benzene rings is 4. The summed E-state index contributed by atoms with van der Waals surface area (Å²) in [5.74, 6) is 1.72. The largest absolute Gasteiger partial charge is 0.439 e. The van der Waals surface area contributed by atoms with Gasteiger partial charge in [0, 0.05) is 53.1 Å². The quantitative estimate of drug-likeness (QED) is 0.0385. The average molecular weight is 776 g/mol. The number of oxazole rings is 1. The van der Waals surface area contributed by atoms with Crippen LogP contribution in [0.15, 0.2) is 166 Å². The molecule has 0 unspecified atom stereocenters. The van der Waals surface area contributed by atoms with Gasteiger partial charge in [-0.25, -0.2) is 5.26 Å². The molecule has 4 aromatic carbocycles. The van der Waals surface area contributed by atoms with Crippen molar-refractivity contribution >= 4 is 45.0 Å². The van der Waals surface area contributed by atoms with Gasteiger partial charge in [0.2, 0.25) is 11.5 Å². The van der Waals surface area contributed by atoms with E-state index in [-0.39, 0.29) is 11.4 Å². The summed E-state index contributed by atoms with van der Waals surface area (Å²) in [4.78, 5) is 2.64. The molecule has 1 aliphatic heterocycles. The Morgan fingerprint density at radius 2 is 1.53 bits per heavy atom. The maximum absolute atomic E-state index is 12.4. The van der Waals surface area contributed by atoms with Crippen LogP contribution in [-0.2, 0) is 32.6 Å². The van der Waals surface area contributed by atoms with Gasteiger partial charge in [-0.15, -0.1) is 4.33 Å². The summed E-state index contributed by atoms with van der Waals surface area (Å²) in [5.41, 5.74) is 6.19. The molecule has 0 spiro atoms. The monoisotopic (exact) mass is 775 g/mol. The number of hydrogen-bond acceptors (Lipinski definition) is 9. The first-order valence-corrected chi connectivity index (χ1v) is 19.5. The third-order valence-corrected chi connectivity index (χ3v) is 11.0. The van der Waals surface area contributed by atoms with Gasteiger partial charge in [-0.3, -0.25) is 4.55 Å². The molecule has 55 heavy (non-hydrogen) atoms. The first-order chi connectivity index (χ1) is 26.8. The predicted octanol–water partition coefficient (Wildman–Crippen LogP) is 8.76. The molecule has 0 saturated heterocycles. The average Bonchev–Trinajstić information content (AvgIpc) is 4.02. The molecule has 0 bridgehead atoms. The molecule has 1 aliphatic rings. The Morgan fingerprint density at radius 3 is 2.24 bits per heavy atom. The van der Waals surface area contributed by atoms with Gasteiger partial charge >= 0.3 is 5.89 Å². The molecule has 0 fully saturated rings. The molecule has 0 radical (unpaired) electrons. The number of allylic oxidation sites excluding steroid dienone is 2. The second kappa shape index (κ2) is 15.5. The molecule has 12 nitrogen and oxygen atoms in total. The Hall–Kier alpha value is -5.87. The van der Waals surface area contributed by atoms with E-state index in [2.05, 4.69) is 16.0 Å². The van der Waals surface area contributed by atoms with Crippen molar-refractivity contribution in [1.29, 1.82) is 0 Å². The molecular weight excluding hydrogens is 741 g/mol. The van der Waals surface area contributed by atoms with Crippen LogP contribution in [0.3, 0.4) is 0 Å². The van der Waals surface area contributed by atoms with Gasteiger partial charge in [0.05, 0.1) is 36.0 Å². The van der Waals surface area contributed by atoms with Gasteiger partial charge in [0.1, 0.15) is 4.90 Å². The van der Waals surface area contributed by atoms with Gasteiger partial charge in [-0.1, -0.05) is 48.4 Å².